The van der Waals surface area contributed by atoms with Gasteiger partial charge in [-0.3, -0.25) is 0 Å². The molecule has 0 aromatic heterocycles. The molecule has 0 bridgehead atoms. The van der Waals surface area contributed by atoms with Crippen molar-refractivity contribution in [1.82, 2.24) is 5.32 Å². The quantitative estimate of drug-likeness (QED) is 0.755. The van der Waals surface area contributed by atoms with Gasteiger partial charge in [0.25, 0.3) is 0 Å². The van der Waals surface area contributed by atoms with Gasteiger partial charge in [0.05, 0.1) is 1.37 Å². The molecule has 1 aliphatic carbocycles. The van der Waals surface area contributed by atoms with Crippen molar-refractivity contribution < 1.29 is 1.37 Å². The average Bonchev–Trinajstić information content (AvgIpc) is 2.18. The number of nitrogens with one attached hydrogen (secondary N) is 1. The van der Waals surface area contributed by atoms with Crippen LogP contribution in [-0.4, -0.2) is 12.1 Å². The molecular weight excluding hydrogens is 170 g/mol. The van der Waals surface area contributed by atoms with E-state index in [-0.39, 0.29) is 0 Å². The highest BCUT2D eigenvalue weighted by Crippen LogP contribution is 2.21. The fraction of sp³-hybridized carbons (Fsp3) is 0.538. The summed E-state index contributed by atoms with van der Waals surface area (Å²) in [6, 6.07) is 7.87. The van der Waals surface area contributed by atoms with Crippen LogP contribution in [0.4, 0.5) is 0 Å². The van der Waals surface area contributed by atoms with E-state index in [4.69, 9.17) is 1.37 Å². The van der Waals surface area contributed by atoms with Crippen molar-refractivity contribution >= 4 is 0 Å². The number of benzene rings is 1. The van der Waals surface area contributed by atoms with Gasteiger partial charge in [-0.2, -0.15) is 0 Å². The molecule has 1 N–H and O–H groups in total. The Balaban J connectivity index is 2.15. The summed E-state index contributed by atoms with van der Waals surface area (Å²) >= 11 is 0. The maximum Gasteiger partial charge on any atom is 0.0626 e. The normalized spacial score (nSPS) is 21.9. The third-order valence-corrected chi connectivity index (χ3v) is 2.82. The third-order valence-electron chi connectivity index (χ3n) is 2.82. The summed E-state index contributed by atoms with van der Waals surface area (Å²) in [6.45, 7) is 4.37. The predicted molar refractivity (Wildman–Crippen MR) is 60.5 cm³/mol. The second-order valence-corrected chi connectivity index (χ2v) is 4.44. The predicted octanol–water partition coefficient (Wildman–Crippen LogP) is 2.54. The van der Waals surface area contributed by atoms with Crippen LogP contribution in [0.5, 0.6) is 0 Å². The molecule has 1 atom stereocenters. The van der Waals surface area contributed by atoms with Crippen molar-refractivity contribution in [2.24, 2.45) is 0 Å². The Kier molecular flexibility index (Phi) is 2.51. The molecule has 0 amide bonds. The highest BCUT2D eigenvalue weighted by atomic mass is 14.9. The van der Waals surface area contributed by atoms with E-state index in [0.717, 1.165) is 12.8 Å². The van der Waals surface area contributed by atoms with Gasteiger partial charge in [0, 0.05) is 12.1 Å². The summed E-state index contributed by atoms with van der Waals surface area (Å²) < 4.78 is 7.89. The van der Waals surface area contributed by atoms with Gasteiger partial charge in [0.2, 0.25) is 0 Å². The molecule has 1 aliphatic rings. The monoisotopic (exact) mass is 190 g/mol. The summed E-state index contributed by atoms with van der Waals surface area (Å²) in [4.78, 5) is 0. The van der Waals surface area contributed by atoms with Gasteiger partial charge in [-0.05, 0) is 30.4 Å². The van der Waals surface area contributed by atoms with E-state index in [1.807, 2.05) is 12.1 Å². The minimum Gasteiger partial charge on any atom is -0.311 e. The first-order valence-electron chi connectivity index (χ1n) is 6.00. The van der Waals surface area contributed by atoms with E-state index in [1.54, 1.807) is 0 Å². The molecule has 0 saturated heterocycles. The lowest BCUT2D eigenvalue weighted by atomic mass is 9.88. The van der Waals surface area contributed by atoms with Gasteiger partial charge in [-0.15, -0.1) is 0 Å². The second kappa shape index (κ2) is 4.14. The molecule has 1 heteroatoms. The van der Waals surface area contributed by atoms with E-state index in [1.165, 1.54) is 17.5 Å². The van der Waals surface area contributed by atoms with Gasteiger partial charge in [0.1, 0.15) is 0 Å². The van der Waals surface area contributed by atoms with Crippen LogP contribution in [-0.2, 0) is 12.8 Å². The van der Waals surface area contributed by atoms with E-state index in [9.17, 15) is 0 Å². The van der Waals surface area contributed by atoms with Crippen LogP contribution in [0.2, 0.25) is 0 Å². The van der Waals surface area contributed by atoms with Crippen LogP contribution in [0.25, 0.3) is 0 Å². The number of hydrogen-bond donors (Lipinski definition) is 1. The molecule has 0 unspecified atom stereocenters. The number of fused-ring (bicyclic) bond motifs is 1. The third kappa shape index (κ3) is 2.16. The molecule has 0 saturated carbocycles. The van der Waals surface area contributed by atoms with Crippen LogP contribution < -0.4 is 5.32 Å². The van der Waals surface area contributed by atoms with E-state index < -0.39 is 0 Å². The van der Waals surface area contributed by atoms with Crippen molar-refractivity contribution in [1.29, 1.82) is 0 Å². The Hall–Kier alpha value is -0.820. The van der Waals surface area contributed by atoms with Crippen LogP contribution in [0, 0.1) is 0 Å². The first kappa shape index (κ1) is 8.49. The maximum absolute atomic E-state index is 7.89. The summed E-state index contributed by atoms with van der Waals surface area (Å²) in [7, 11) is 0. The Morgan fingerprint density at radius 3 is 3.07 bits per heavy atom. The zero-order valence-electron chi connectivity index (χ0n) is 10.0. The van der Waals surface area contributed by atoms with Crippen LogP contribution in [0.3, 0.4) is 0 Å². The van der Waals surface area contributed by atoms with Crippen molar-refractivity contribution in [2.45, 2.75) is 45.2 Å². The fourth-order valence-electron chi connectivity index (χ4n) is 2.22. The minimum atomic E-state index is 0.537. The molecular formula is C13H19N. The highest BCUT2D eigenvalue weighted by Gasteiger charge is 2.17. The topological polar surface area (TPSA) is 12.0 Å². The van der Waals surface area contributed by atoms with Gasteiger partial charge >= 0.3 is 0 Å². The zero-order valence-corrected chi connectivity index (χ0v) is 9.01. The Morgan fingerprint density at radius 1 is 1.43 bits per heavy atom. The lowest BCUT2D eigenvalue weighted by molar-refractivity contribution is 0.421. The lowest BCUT2D eigenvalue weighted by Gasteiger charge is -2.27. The molecule has 1 nitrogen and oxygen atoms in total. The van der Waals surface area contributed by atoms with Gasteiger partial charge in [-0.25, -0.2) is 0 Å². The number of aryl methyl sites for hydroxylation is 1. The van der Waals surface area contributed by atoms with E-state index in [0.29, 0.717) is 18.1 Å². The van der Waals surface area contributed by atoms with E-state index >= 15 is 0 Å². The molecule has 76 valence electrons. The van der Waals surface area contributed by atoms with Crippen molar-refractivity contribution in [2.75, 3.05) is 0 Å². The zero-order chi connectivity index (χ0) is 10.8. The Labute approximate surface area is 87.9 Å². The first-order chi connectivity index (χ1) is 7.16. The largest absolute Gasteiger partial charge is 0.311 e. The summed E-state index contributed by atoms with van der Waals surface area (Å²) in [5.74, 6) is 0. The molecule has 0 radical (unpaired) electrons. The van der Waals surface area contributed by atoms with Crippen LogP contribution in [0.15, 0.2) is 24.2 Å². The molecule has 1 aromatic carbocycles. The van der Waals surface area contributed by atoms with Gasteiger partial charge in [0.15, 0.2) is 0 Å². The second-order valence-electron chi connectivity index (χ2n) is 4.44. The SMILES string of the molecule is [2H]c1cccc2c1C[C@@H](NC(C)C)CC2. The van der Waals surface area contributed by atoms with Crippen LogP contribution in [0.1, 0.15) is 32.8 Å². The number of hydrogen-bond acceptors (Lipinski definition) is 1. The fourth-order valence-corrected chi connectivity index (χ4v) is 2.22. The first-order valence-corrected chi connectivity index (χ1v) is 5.50. The summed E-state index contributed by atoms with van der Waals surface area (Å²) in [6.07, 6.45) is 3.34. The standard InChI is InChI=1S/C13H19N/c1-10(2)14-13-8-7-11-5-3-4-6-12(11)9-13/h3-6,10,13-14H,7-9H2,1-2H3/t13-/m0/s1/i6D. The molecule has 14 heavy (non-hydrogen) atoms. The minimum absolute atomic E-state index is 0.537. The Morgan fingerprint density at radius 2 is 2.29 bits per heavy atom. The molecule has 0 fully saturated rings. The van der Waals surface area contributed by atoms with Gasteiger partial charge in [-0.1, -0.05) is 38.1 Å². The lowest BCUT2D eigenvalue weighted by Crippen LogP contribution is -2.38. The molecule has 0 heterocycles. The average molecular weight is 190 g/mol. The smallest absolute Gasteiger partial charge is 0.0626 e. The summed E-state index contributed by atoms with van der Waals surface area (Å²) in [5.41, 5.74) is 2.63. The van der Waals surface area contributed by atoms with Gasteiger partial charge < -0.3 is 5.32 Å². The molecule has 0 spiro atoms. The molecule has 1 aromatic rings. The number of rotatable bonds is 2. The summed E-state index contributed by atoms with van der Waals surface area (Å²) in [5, 5.41) is 3.57. The maximum atomic E-state index is 7.89. The molecule has 0 aliphatic heterocycles. The molecule has 2 rings (SSSR count). The highest BCUT2D eigenvalue weighted by molar-refractivity contribution is 5.30. The van der Waals surface area contributed by atoms with Crippen molar-refractivity contribution in [3.8, 4) is 0 Å². The Bertz CT molecular complexity index is 346. The van der Waals surface area contributed by atoms with Crippen LogP contribution >= 0.6 is 0 Å². The van der Waals surface area contributed by atoms with Crippen molar-refractivity contribution in [3.63, 3.8) is 0 Å². The van der Waals surface area contributed by atoms with Crippen molar-refractivity contribution in [3.05, 3.63) is 35.4 Å². The van der Waals surface area contributed by atoms with E-state index in [2.05, 4.69) is 25.2 Å².